The fourth-order valence-corrected chi connectivity index (χ4v) is 0.954. The summed E-state index contributed by atoms with van der Waals surface area (Å²) in [4.78, 5) is 0. The molecule has 0 aliphatic carbocycles. The van der Waals surface area contributed by atoms with E-state index in [-0.39, 0.29) is 6.61 Å². The van der Waals surface area contributed by atoms with Crippen molar-refractivity contribution in [3.63, 3.8) is 0 Å². The Labute approximate surface area is 74.2 Å². The summed E-state index contributed by atoms with van der Waals surface area (Å²) in [5.74, 6) is 0. The van der Waals surface area contributed by atoms with Crippen LogP contribution < -0.4 is 0 Å². The van der Waals surface area contributed by atoms with Crippen LogP contribution in [0.25, 0.3) is 0 Å². The summed E-state index contributed by atoms with van der Waals surface area (Å²) < 4.78 is 0. The summed E-state index contributed by atoms with van der Waals surface area (Å²) in [6.45, 7) is 5.61. The number of aliphatic hydroxyl groups is 2. The summed E-state index contributed by atoms with van der Waals surface area (Å²) in [5.41, 5.74) is 0.995. The van der Waals surface area contributed by atoms with Gasteiger partial charge in [-0.25, -0.2) is 0 Å². The molecule has 0 radical (unpaired) electrons. The maximum absolute atomic E-state index is 9.06. The van der Waals surface area contributed by atoms with Gasteiger partial charge in [0.15, 0.2) is 0 Å². The van der Waals surface area contributed by atoms with Crippen LogP contribution in [0.4, 0.5) is 0 Å². The average molecular weight is 170 g/mol. The molecule has 0 rings (SSSR count). The Morgan fingerprint density at radius 3 is 2.75 bits per heavy atom. The zero-order valence-electron chi connectivity index (χ0n) is 7.66. The Morgan fingerprint density at radius 2 is 2.25 bits per heavy atom. The quantitative estimate of drug-likeness (QED) is 0.595. The maximum Gasteiger partial charge on any atom is 0.0807 e. The van der Waals surface area contributed by atoms with Crippen molar-refractivity contribution in [2.75, 3.05) is 6.61 Å². The summed E-state index contributed by atoms with van der Waals surface area (Å²) in [5, 5.41) is 17.6. The molecule has 0 aromatic rings. The maximum atomic E-state index is 9.06. The van der Waals surface area contributed by atoms with Gasteiger partial charge in [0, 0.05) is 0 Å². The molecule has 0 fully saturated rings. The van der Waals surface area contributed by atoms with Crippen molar-refractivity contribution in [3.05, 3.63) is 24.3 Å². The highest BCUT2D eigenvalue weighted by Gasteiger charge is 2.03. The zero-order valence-corrected chi connectivity index (χ0v) is 7.66. The molecule has 2 nitrogen and oxygen atoms in total. The minimum atomic E-state index is -0.636. The molecular formula is C10H18O2. The minimum absolute atomic E-state index is 0.178. The van der Waals surface area contributed by atoms with E-state index in [9.17, 15) is 0 Å². The molecule has 12 heavy (non-hydrogen) atoms. The van der Waals surface area contributed by atoms with Gasteiger partial charge in [-0.2, -0.15) is 0 Å². The number of hydrogen-bond donors (Lipinski definition) is 2. The number of rotatable bonds is 6. The molecule has 0 aromatic heterocycles. The lowest BCUT2D eigenvalue weighted by molar-refractivity contribution is 0.0949. The molecule has 70 valence electrons. The van der Waals surface area contributed by atoms with Crippen LogP contribution >= 0.6 is 0 Å². The largest absolute Gasteiger partial charge is 0.394 e. The Morgan fingerprint density at radius 1 is 1.58 bits per heavy atom. The van der Waals surface area contributed by atoms with Crippen molar-refractivity contribution in [3.8, 4) is 0 Å². The average Bonchev–Trinajstić information content (AvgIpc) is 2.05. The van der Waals surface area contributed by atoms with E-state index in [0.717, 1.165) is 18.4 Å². The fraction of sp³-hybridized carbons (Fsp3) is 0.600. The molecule has 0 saturated heterocycles. The van der Waals surface area contributed by atoms with E-state index in [4.69, 9.17) is 10.2 Å². The summed E-state index contributed by atoms with van der Waals surface area (Å²) >= 11 is 0. The van der Waals surface area contributed by atoms with Crippen molar-refractivity contribution in [1.29, 1.82) is 0 Å². The molecular weight excluding hydrogens is 152 g/mol. The number of hydrogen-bond acceptors (Lipinski definition) is 2. The highest BCUT2D eigenvalue weighted by molar-refractivity contribution is 4.98. The molecule has 2 N–H and O–H groups in total. The summed E-state index contributed by atoms with van der Waals surface area (Å²) in [6.07, 6.45) is 5.79. The van der Waals surface area contributed by atoms with Crippen LogP contribution in [-0.4, -0.2) is 22.9 Å². The topological polar surface area (TPSA) is 40.5 Å². The van der Waals surface area contributed by atoms with Gasteiger partial charge in [0.05, 0.1) is 12.7 Å². The number of aliphatic hydroxyl groups excluding tert-OH is 2. The third-order valence-electron chi connectivity index (χ3n) is 1.64. The first kappa shape index (κ1) is 11.4. The zero-order chi connectivity index (χ0) is 9.40. The standard InChI is InChI=1S/C10H18O2/c1-3-4-5-6-9(2)7-10(12)8-11/h3-4,10-12H,2,5-8H2,1H3/b4-3+/t10-/m0/s1. The Balaban J connectivity index is 3.46. The summed E-state index contributed by atoms with van der Waals surface area (Å²) in [7, 11) is 0. The Bertz CT molecular complexity index is 150. The van der Waals surface area contributed by atoms with Crippen molar-refractivity contribution in [2.24, 2.45) is 0 Å². The van der Waals surface area contributed by atoms with E-state index in [1.165, 1.54) is 0 Å². The van der Waals surface area contributed by atoms with Crippen molar-refractivity contribution in [1.82, 2.24) is 0 Å². The van der Waals surface area contributed by atoms with Gasteiger partial charge < -0.3 is 10.2 Å². The second kappa shape index (κ2) is 7.07. The second-order valence-electron chi connectivity index (χ2n) is 2.90. The Kier molecular flexibility index (Phi) is 6.72. The molecule has 0 saturated carbocycles. The number of allylic oxidation sites excluding steroid dienone is 2. The van der Waals surface area contributed by atoms with Gasteiger partial charge in [0.2, 0.25) is 0 Å². The van der Waals surface area contributed by atoms with E-state index < -0.39 is 6.10 Å². The predicted molar refractivity (Wildman–Crippen MR) is 50.9 cm³/mol. The predicted octanol–water partition coefficient (Wildman–Crippen LogP) is 1.64. The first-order valence-electron chi connectivity index (χ1n) is 4.27. The molecule has 0 amide bonds. The van der Waals surface area contributed by atoms with Crippen molar-refractivity contribution in [2.45, 2.75) is 32.3 Å². The smallest absolute Gasteiger partial charge is 0.0807 e. The van der Waals surface area contributed by atoms with Crippen LogP contribution in [0.1, 0.15) is 26.2 Å². The van der Waals surface area contributed by atoms with E-state index in [2.05, 4.69) is 12.7 Å². The molecule has 2 heteroatoms. The molecule has 0 bridgehead atoms. The van der Waals surface area contributed by atoms with Gasteiger partial charge in [-0.05, 0) is 26.2 Å². The van der Waals surface area contributed by atoms with Crippen LogP contribution in [0.5, 0.6) is 0 Å². The van der Waals surface area contributed by atoms with Crippen LogP contribution in [0, 0.1) is 0 Å². The first-order valence-corrected chi connectivity index (χ1v) is 4.27. The summed E-state index contributed by atoms with van der Waals surface area (Å²) in [6, 6.07) is 0. The minimum Gasteiger partial charge on any atom is -0.394 e. The van der Waals surface area contributed by atoms with Gasteiger partial charge in [-0.15, -0.1) is 0 Å². The van der Waals surface area contributed by atoms with Crippen LogP contribution in [0.3, 0.4) is 0 Å². The van der Waals surface area contributed by atoms with E-state index in [0.29, 0.717) is 6.42 Å². The lowest BCUT2D eigenvalue weighted by atomic mass is 10.1. The van der Waals surface area contributed by atoms with E-state index in [1.54, 1.807) is 0 Å². The monoisotopic (exact) mass is 170 g/mol. The SMILES string of the molecule is C=C(CC/C=C/C)C[C@H](O)CO. The molecule has 0 aliphatic rings. The van der Waals surface area contributed by atoms with Gasteiger partial charge in [-0.1, -0.05) is 24.3 Å². The molecule has 0 aliphatic heterocycles. The van der Waals surface area contributed by atoms with Crippen LogP contribution in [0.2, 0.25) is 0 Å². The Hall–Kier alpha value is -0.600. The third kappa shape index (κ3) is 6.13. The normalized spacial score (nSPS) is 13.6. The van der Waals surface area contributed by atoms with Gasteiger partial charge in [-0.3, -0.25) is 0 Å². The van der Waals surface area contributed by atoms with Crippen LogP contribution in [0.15, 0.2) is 24.3 Å². The van der Waals surface area contributed by atoms with E-state index >= 15 is 0 Å². The fourth-order valence-electron chi connectivity index (χ4n) is 0.954. The van der Waals surface area contributed by atoms with E-state index in [1.807, 2.05) is 13.0 Å². The van der Waals surface area contributed by atoms with Gasteiger partial charge in [0.1, 0.15) is 0 Å². The third-order valence-corrected chi connectivity index (χ3v) is 1.64. The van der Waals surface area contributed by atoms with Crippen molar-refractivity contribution < 1.29 is 10.2 Å². The van der Waals surface area contributed by atoms with Gasteiger partial charge in [0.25, 0.3) is 0 Å². The molecule has 0 spiro atoms. The molecule has 0 unspecified atom stereocenters. The van der Waals surface area contributed by atoms with Gasteiger partial charge >= 0.3 is 0 Å². The highest BCUT2D eigenvalue weighted by atomic mass is 16.3. The molecule has 0 aromatic carbocycles. The second-order valence-corrected chi connectivity index (χ2v) is 2.90. The lowest BCUT2D eigenvalue weighted by Gasteiger charge is -2.08. The lowest BCUT2D eigenvalue weighted by Crippen LogP contribution is -2.12. The first-order chi connectivity index (χ1) is 5.70. The van der Waals surface area contributed by atoms with Crippen LogP contribution in [-0.2, 0) is 0 Å². The molecule has 0 heterocycles. The molecule has 1 atom stereocenters. The van der Waals surface area contributed by atoms with Crippen molar-refractivity contribution >= 4 is 0 Å². The highest BCUT2D eigenvalue weighted by Crippen LogP contribution is 2.10.